The number of nitrogens with zero attached hydrogens (tertiary/aromatic N) is 2. The molecule has 1 unspecified atom stereocenters. The molecule has 7 heteroatoms. The summed E-state index contributed by atoms with van der Waals surface area (Å²) in [5, 5.41) is 3.20. The number of hydrogen-bond acceptors (Lipinski definition) is 4. The van der Waals surface area contributed by atoms with Crippen LogP contribution in [0.15, 0.2) is 12.1 Å². The van der Waals surface area contributed by atoms with Gasteiger partial charge in [-0.15, -0.1) is 0 Å². The van der Waals surface area contributed by atoms with Crippen LogP contribution in [0.2, 0.25) is 0 Å². The van der Waals surface area contributed by atoms with Gasteiger partial charge in [0.15, 0.2) is 11.6 Å². The molecule has 1 aromatic rings. The number of rotatable bonds is 2. The van der Waals surface area contributed by atoms with Crippen LogP contribution in [-0.4, -0.2) is 50.3 Å². The summed E-state index contributed by atoms with van der Waals surface area (Å²) in [6.45, 7) is 6.90. The van der Waals surface area contributed by atoms with Gasteiger partial charge in [0.25, 0.3) is 0 Å². The fraction of sp³-hybridized carbons (Fsp3) is 0.588. The number of ether oxygens (including phenoxy) is 1. The van der Waals surface area contributed by atoms with E-state index >= 15 is 0 Å². The van der Waals surface area contributed by atoms with Gasteiger partial charge in [0.2, 0.25) is 0 Å². The Labute approximate surface area is 141 Å². The molecule has 1 heterocycles. The quantitative estimate of drug-likeness (QED) is 0.898. The average molecular weight is 341 g/mol. The first-order valence-corrected chi connectivity index (χ1v) is 7.97. The SMILES string of the molecule is CN(C)c1c(C2CNCCN2C(=O)OC(C)(C)C)ccc(F)c1F. The first kappa shape index (κ1) is 18.4. The van der Waals surface area contributed by atoms with Crippen LogP contribution in [0.1, 0.15) is 32.4 Å². The lowest BCUT2D eigenvalue weighted by Gasteiger charge is -2.38. The molecule has 0 radical (unpaired) electrons. The van der Waals surface area contributed by atoms with Crippen LogP contribution in [0.25, 0.3) is 0 Å². The number of carbonyl (C=O) groups is 1. The van der Waals surface area contributed by atoms with E-state index in [1.807, 2.05) is 0 Å². The second-order valence-corrected chi connectivity index (χ2v) is 7.09. The second-order valence-electron chi connectivity index (χ2n) is 7.09. The van der Waals surface area contributed by atoms with Crippen molar-refractivity contribution in [2.24, 2.45) is 0 Å². The molecule has 1 aliphatic heterocycles. The highest BCUT2D eigenvalue weighted by molar-refractivity contribution is 5.70. The predicted molar refractivity (Wildman–Crippen MR) is 89.2 cm³/mol. The van der Waals surface area contributed by atoms with E-state index < -0.39 is 29.4 Å². The van der Waals surface area contributed by atoms with E-state index in [4.69, 9.17) is 4.74 Å². The molecular weight excluding hydrogens is 316 g/mol. The molecule has 1 N–H and O–H groups in total. The number of hydrogen-bond donors (Lipinski definition) is 1. The molecule has 1 amide bonds. The largest absolute Gasteiger partial charge is 0.444 e. The number of carbonyl (C=O) groups excluding carboxylic acids is 1. The molecule has 1 aliphatic rings. The number of anilines is 1. The normalized spacial score (nSPS) is 18.5. The van der Waals surface area contributed by atoms with Crippen molar-refractivity contribution in [1.82, 2.24) is 10.2 Å². The molecule has 0 aliphatic carbocycles. The van der Waals surface area contributed by atoms with E-state index in [9.17, 15) is 13.6 Å². The highest BCUT2D eigenvalue weighted by Crippen LogP contribution is 2.34. The molecule has 1 atom stereocenters. The minimum atomic E-state index is -0.910. The van der Waals surface area contributed by atoms with Crippen molar-refractivity contribution < 1.29 is 18.3 Å². The van der Waals surface area contributed by atoms with Crippen LogP contribution < -0.4 is 10.2 Å². The van der Waals surface area contributed by atoms with Crippen molar-refractivity contribution >= 4 is 11.8 Å². The monoisotopic (exact) mass is 341 g/mol. The van der Waals surface area contributed by atoms with Gasteiger partial charge in [-0.1, -0.05) is 6.07 Å². The fourth-order valence-electron chi connectivity index (χ4n) is 2.80. The average Bonchev–Trinajstić information content (AvgIpc) is 2.47. The van der Waals surface area contributed by atoms with Gasteiger partial charge in [-0.25, -0.2) is 13.6 Å². The van der Waals surface area contributed by atoms with Crippen molar-refractivity contribution in [2.75, 3.05) is 38.6 Å². The van der Waals surface area contributed by atoms with Crippen molar-refractivity contribution in [3.8, 4) is 0 Å². The van der Waals surface area contributed by atoms with Crippen LogP contribution >= 0.6 is 0 Å². The highest BCUT2D eigenvalue weighted by Gasteiger charge is 2.34. The van der Waals surface area contributed by atoms with Gasteiger partial charge >= 0.3 is 6.09 Å². The third kappa shape index (κ3) is 3.95. The molecule has 1 fully saturated rings. The zero-order valence-corrected chi connectivity index (χ0v) is 14.8. The zero-order chi connectivity index (χ0) is 18.1. The zero-order valence-electron chi connectivity index (χ0n) is 14.8. The van der Waals surface area contributed by atoms with Gasteiger partial charge in [0.1, 0.15) is 5.60 Å². The molecule has 5 nitrogen and oxygen atoms in total. The maximum absolute atomic E-state index is 14.3. The maximum Gasteiger partial charge on any atom is 0.410 e. The van der Waals surface area contributed by atoms with E-state index in [-0.39, 0.29) is 5.69 Å². The molecule has 1 aromatic carbocycles. The van der Waals surface area contributed by atoms with Gasteiger partial charge in [-0.2, -0.15) is 0 Å². The molecule has 0 bridgehead atoms. The van der Waals surface area contributed by atoms with E-state index in [0.717, 1.165) is 6.07 Å². The van der Waals surface area contributed by atoms with Crippen LogP contribution in [0, 0.1) is 11.6 Å². The Morgan fingerprint density at radius 2 is 2.00 bits per heavy atom. The molecule has 1 saturated heterocycles. The third-order valence-electron chi connectivity index (χ3n) is 3.78. The summed E-state index contributed by atoms with van der Waals surface area (Å²) < 4.78 is 33.4. The van der Waals surface area contributed by atoms with E-state index in [0.29, 0.717) is 25.2 Å². The molecule has 134 valence electrons. The maximum atomic E-state index is 14.3. The van der Waals surface area contributed by atoms with Crippen molar-refractivity contribution in [2.45, 2.75) is 32.4 Å². The molecule has 2 rings (SSSR count). The summed E-state index contributed by atoms with van der Waals surface area (Å²) in [5.41, 5.74) is 0.0829. The van der Waals surface area contributed by atoms with Crippen molar-refractivity contribution in [3.05, 3.63) is 29.3 Å². The molecule has 0 spiro atoms. The fourth-order valence-corrected chi connectivity index (χ4v) is 2.80. The molecular formula is C17H25F2N3O2. The van der Waals surface area contributed by atoms with Gasteiger partial charge < -0.3 is 15.0 Å². The van der Waals surface area contributed by atoms with Gasteiger partial charge in [-0.05, 0) is 26.8 Å². The lowest BCUT2D eigenvalue weighted by Crippen LogP contribution is -2.50. The van der Waals surface area contributed by atoms with E-state index in [2.05, 4.69) is 5.32 Å². The lowest BCUT2D eigenvalue weighted by atomic mass is 10.00. The third-order valence-corrected chi connectivity index (χ3v) is 3.78. The molecule has 0 aromatic heterocycles. The standard InChI is InChI=1S/C17H25F2N3O2/c1-17(2,3)24-16(23)22-9-8-20-10-13(22)11-6-7-12(18)14(19)15(11)21(4)5/h6-7,13,20H,8-10H2,1-5H3. The summed E-state index contributed by atoms with van der Waals surface area (Å²) in [6, 6.07) is 2.20. The van der Waals surface area contributed by atoms with Gasteiger partial charge in [0.05, 0.1) is 11.7 Å². The first-order valence-electron chi connectivity index (χ1n) is 7.97. The van der Waals surface area contributed by atoms with Gasteiger partial charge in [0, 0.05) is 39.3 Å². The topological polar surface area (TPSA) is 44.8 Å². The minimum absolute atomic E-state index is 0.150. The lowest BCUT2D eigenvalue weighted by molar-refractivity contribution is 0.0118. The predicted octanol–water partition coefficient (Wildman–Crippen LogP) is 2.91. The van der Waals surface area contributed by atoms with E-state index in [1.54, 1.807) is 39.8 Å². The van der Waals surface area contributed by atoms with Crippen molar-refractivity contribution in [1.29, 1.82) is 0 Å². The number of nitrogens with one attached hydrogen (secondary N) is 1. The Balaban J connectivity index is 2.41. The second kappa shape index (κ2) is 6.93. The highest BCUT2D eigenvalue weighted by atomic mass is 19.2. The Kier molecular flexibility index (Phi) is 5.32. The van der Waals surface area contributed by atoms with E-state index in [1.165, 1.54) is 11.0 Å². The number of piperazine rings is 1. The molecule has 24 heavy (non-hydrogen) atoms. The minimum Gasteiger partial charge on any atom is -0.444 e. The summed E-state index contributed by atoms with van der Waals surface area (Å²) >= 11 is 0. The Morgan fingerprint density at radius 1 is 1.33 bits per heavy atom. The smallest absolute Gasteiger partial charge is 0.410 e. The number of halogens is 2. The Morgan fingerprint density at radius 3 is 2.58 bits per heavy atom. The van der Waals surface area contributed by atoms with Gasteiger partial charge in [-0.3, -0.25) is 4.90 Å². The van der Waals surface area contributed by atoms with Crippen LogP contribution in [0.4, 0.5) is 19.3 Å². The first-order chi connectivity index (χ1) is 11.1. The van der Waals surface area contributed by atoms with Crippen LogP contribution in [0.5, 0.6) is 0 Å². The summed E-state index contributed by atoms with van der Waals surface area (Å²) in [7, 11) is 3.30. The summed E-state index contributed by atoms with van der Waals surface area (Å²) in [6.07, 6.45) is -0.455. The summed E-state index contributed by atoms with van der Waals surface area (Å²) in [4.78, 5) is 15.6. The molecule has 0 saturated carbocycles. The van der Waals surface area contributed by atoms with Crippen LogP contribution in [-0.2, 0) is 4.74 Å². The van der Waals surface area contributed by atoms with Crippen molar-refractivity contribution in [3.63, 3.8) is 0 Å². The Bertz CT molecular complexity index is 615. The van der Waals surface area contributed by atoms with Crippen LogP contribution in [0.3, 0.4) is 0 Å². The summed E-state index contributed by atoms with van der Waals surface area (Å²) in [5.74, 6) is -1.82. The number of benzene rings is 1. The number of amides is 1. The Hall–Kier alpha value is -1.89.